The highest BCUT2D eigenvalue weighted by Gasteiger charge is 2.39. The van der Waals surface area contributed by atoms with Crippen molar-refractivity contribution in [1.82, 2.24) is 5.32 Å². The van der Waals surface area contributed by atoms with Gasteiger partial charge in [-0.15, -0.1) is 0 Å². The molecule has 0 bridgehead atoms. The molecule has 33 heavy (non-hydrogen) atoms. The predicted molar refractivity (Wildman–Crippen MR) is 130 cm³/mol. The van der Waals surface area contributed by atoms with Gasteiger partial charge in [-0.2, -0.15) is 0 Å². The molecule has 1 amide bonds. The van der Waals surface area contributed by atoms with Gasteiger partial charge in [0, 0.05) is 5.92 Å². The largest absolute Gasteiger partial charge is 0.504 e. The zero-order valence-corrected chi connectivity index (χ0v) is 18.8. The number of anilines is 1. The quantitative estimate of drug-likeness (QED) is 0.444. The molecule has 1 aliphatic heterocycles. The van der Waals surface area contributed by atoms with Gasteiger partial charge in [0.1, 0.15) is 0 Å². The molecule has 0 spiro atoms. The fourth-order valence-electron chi connectivity index (χ4n) is 5.13. The molecule has 0 fully saturated rings. The smallest absolute Gasteiger partial charge is 0.253 e. The van der Waals surface area contributed by atoms with Crippen LogP contribution in [0.5, 0.6) is 11.5 Å². The van der Waals surface area contributed by atoms with Gasteiger partial charge in [-0.05, 0) is 54.2 Å². The number of allylic oxidation sites excluding steroid dienone is 2. The van der Waals surface area contributed by atoms with Crippen LogP contribution in [-0.4, -0.2) is 18.1 Å². The summed E-state index contributed by atoms with van der Waals surface area (Å²) in [7, 11) is 1.55. The third-order valence-electron chi connectivity index (χ3n) is 6.85. The fourth-order valence-corrected chi connectivity index (χ4v) is 5.13. The van der Waals surface area contributed by atoms with Crippen LogP contribution < -0.4 is 15.4 Å². The number of methoxy groups -OCH3 is 1. The number of hydrogen-bond acceptors (Lipinski definition) is 4. The van der Waals surface area contributed by atoms with Crippen LogP contribution >= 0.6 is 0 Å². The third-order valence-corrected chi connectivity index (χ3v) is 6.85. The Morgan fingerprint density at radius 2 is 1.94 bits per heavy atom. The van der Waals surface area contributed by atoms with Crippen LogP contribution in [0.25, 0.3) is 0 Å². The van der Waals surface area contributed by atoms with Crippen molar-refractivity contribution in [2.24, 2.45) is 5.92 Å². The van der Waals surface area contributed by atoms with E-state index in [1.165, 1.54) is 0 Å². The molecule has 4 unspecified atom stereocenters. The van der Waals surface area contributed by atoms with Gasteiger partial charge in [-0.25, -0.2) is 0 Å². The van der Waals surface area contributed by atoms with Gasteiger partial charge in [-0.3, -0.25) is 4.79 Å². The molecule has 168 valence electrons. The Morgan fingerprint density at radius 3 is 2.73 bits per heavy atom. The minimum absolute atomic E-state index is 0.00695. The lowest BCUT2D eigenvalue weighted by Crippen LogP contribution is -2.32. The van der Waals surface area contributed by atoms with Crippen molar-refractivity contribution in [3.8, 4) is 11.5 Å². The third kappa shape index (κ3) is 3.84. The Labute approximate surface area is 194 Å². The maximum Gasteiger partial charge on any atom is 0.253 e. The van der Waals surface area contributed by atoms with E-state index in [9.17, 15) is 9.90 Å². The molecule has 5 rings (SSSR count). The number of benzene rings is 3. The average molecular weight is 441 g/mol. The number of rotatable bonds is 5. The molecule has 3 N–H and O–H groups in total. The van der Waals surface area contributed by atoms with E-state index in [1.807, 2.05) is 61.5 Å². The van der Waals surface area contributed by atoms with Crippen LogP contribution in [0.2, 0.25) is 0 Å². The van der Waals surface area contributed by atoms with Crippen LogP contribution in [0.1, 0.15) is 58.4 Å². The van der Waals surface area contributed by atoms with E-state index < -0.39 is 0 Å². The Bertz CT molecular complexity index is 1210. The Kier molecular flexibility index (Phi) is 5.55. The van der Waals surface area contributed by atoms with Gasteiger partial charge in [0.2, 0.25) is 0 Å². The molecule has 0 radical (unpaired) electrons. The van der Waals surface area contributed by atoms with Crippen LogP contribution in [0.4, 0.5) is 5.69 Å². The number of ether oxygens (including phenoxy) is 1. The van der Waals surface area contributed by atoms with E-state index in [1.54, 1.807) is 13.2 Å². The van der Waals surface area contributed by atoms with E-state index in [0.29, 0.717) is 17.2 Å². The van der Waals surface area contributed by atoms with E-state index in [2.05, 4.69) is 28.9 Å². The first-order valence-electron chi connectivity index (χ1n) is 11.4. The number of phenolic OH excluding ortho intramolecular Hbond substituents is 1. The second-order valence-corrected chi connectivity index (χ2v) is 8.78. The van der Waals surface area contributed by atoms with E-state index >= 15 is 0 Å². The maximum atomic E-state index is 13.4. The molecule has 0 saturated carbocycles. The van der Waals surface area contributed by atoms with Crippen molar-refractivity contribution < 1.29 is 14.6 Å². The molecule has 1 heterocycles. The lowest BCUT2D eigenvalue weighted by Gasteiger charge is -2.38. The molecule has 2 aliphatic rings. The molecule has 4 atom stereocenters. The van der Waals surface area contributed by atoms with E-state index in [4.69, 9.17) is 4.74 Å². The number of aromatic hydroxyl groups is 1. The van der Waals surface area contributed by atoms with Crippen LogP contribution in [0, 0.1) is 5.92 Å². The number of carbonyl (C=O) groups is 1. The van der Waals surface area contributed by atoms with Crippen molar-refractivity contribution in [3.05, 3.63) is 101 Å². The number of fused-ring (bicyclic) bond motifs is 3. The number of nitrogens with one attached hydrogen (secondary N) is 2. The summed E-state index contributed by atoms with van der Waals surface area (Å²) in [4.78, 5) is 13.4. The van der Waals surface area contributed by atoms with Crippen molar-refractivity contribution in [2.75, 3.05) is 12.4 Å². The van der Waals surface area contributed by atoms with Crippen LogP contribution in [0.3, 0.4) is 0 Å². The monoisotopic (exact) mass is 440 g/mol. The molecule has 5 nitrogen and oxygen atoms in total. The second-order valence-electron chi connectivity index (χ2n) is 8.78. The minimum atomic E-state index is -0.102. The van der Waals surface area contributed by atoms with Gasteiger partial charge in [0.05, 0.1) is 30.4 Å². The molecule has 1 aliphatic carbocycles. The summed E-state index contributed by atoms with van der Waals surface area (Å²) in [6, 6.07) is 21.3. The zero-order valence-electron chi connectivity index (χ0n) is 18.8. The number of carbonyl (C=O) groups excluding carboxylic acids is 1. The molecule has 5 heteroatoms. The fraction of sp³-hybridized carbons (Fsp3) is 0.250. The SMILES string of the molecule is COc1cc(C2Nc3c(C(=O)NC(C)c4ccccc4)cccc3C3C=CCC32)ccc1O. The summed E-state index contributed by atoms with van der Waals surface area (Å²) in [6.45, 7) is 2.00. The Balaban J connectivity index is 1.50. The van der Waals surface area contributed by atoms with E-state index in [-0.39, 0.29) is 29.7 Å². The first-order chi connectivity index (χ1) is 16.1. The topological polar surface area (TPSA) is 70.6 Å². The summed E-state index contributed by atoms with van der Waals surface area (Å²) in [5.74, 6) is 1.02. The Morgan fingerprint density at radius 1 is 1.12 bits per heavy atom. The zero-order chi connectivity index (χ0) is 22.9. The Hall–Kier alpha value is -3.73. The molecule has 3 aromatic rings. The summed E-state index contributed by atoms with van der Waals surface area (Å²) in [5, 5.41) is 16.9. The standard InChI is InChI=1S/C28H28N2O3/c1-17(18-8-4-3-5-9-18)29-28(32)23-13-7-12-22-20-10-6-11-21(20)26(30-27(22)23)19-14-15-24(31)25(16-19)33-2/h3-10,12-17,20-21,26,30-31H,11H2,1-2H3,(H,29,32). The number of phenols is 1. The molecular weight excluding hydrogens is 412 g/mol. The summed E-state index contributed by atoms with van der Waals surface area (Å²) < 4.78 is 5.35. The molecule has 0 aromatic heterocycles. The van der Waals surface area contributed by atoms with Gasteiger partial charge < -0.3 is 20.5 Å². The molecule has 0 saturated heterocycles. The van der Waals surface area contributed by atoms with Crippen molar-refractivity contribution >= 4 is 11.6 Å². The number of para-hydroxylation sites is 1. The lowest BCUT2D eigenvalue weighted by atomic mass is 9.76. The van der Waals surface area contributed by atoms with Gasteiger partial charge in [0.15, 0.2) is 11.5 Å². The van der Waals surface area contributed by atoms with Gasteiger partial charge in [-0.1, -0.05) is 60.7 Å². The minimum Gasteiger partial charge on any atom is -0.504 e. The average Bonchev–Trinajstić information content (AvgIpc) is 3.34. The number of amides is 1. The van der Waals surface area contributed by atoms with Gasteiger partial charge >= 0.3 is 0 Å². The van der Waals surface area contributed by atoms with Crippen LogP contribution in [-0.2, 0) is 0 Å². The predicted octanol–water partition coefficient (Wildman–Crippen LogP) is 5.72. The van der Waals surface area contributed by atoms with Crippen LogP contribution in [0.15, 0.2) is 78.9 Å². The molecule has 3 aromatic carbocycles. The summed E-state index contributed by atoms with van der Waals surface area (Å²) in [5.41, 5.74) is 4.76. The maximum absolute atomic E-state index is 13.4. The van der Waals surface area contributed by atoms with E-state index in [0.717, 1.165) is 28.8 Å². The summed E-state index contributed by atoms with van der Waals surface area (Å²) in [6.07, 6.45) is 5.43. The first kappa shape index (κ1) is 21.1. The summed E-state index contributed by atoms with van der Waals surface area (Å²) >= 11 is 0. The van der Waals surface area contributed by atoms with Crippen molar-refractivity contribution in [2.45, 2.75) is 31.3 Å². The number of hydrogen-bond donors (Lipinski definition) is 3. The van der Waals surface area contributed by atoms with Crippen molar-refractivity contribution in [3.63, 3.8) is 0 Å². The molecular formula is C28H28N2O3. The second kappa shape index (κ2) is 8.66. The highest BCUT2D eigenvalue weighted by Crippen LogP contribution is 2.51. The highest BCUT2D eigenvalue weighted by molar-refractivity contribution is 6.01. The first-order valence-corrected chi connectivity index (χ1v) is 11.4. The highest BCUT2D eigenvalue weighted by atomic mass is 16.5. The normalized spacial score (nSPS) is 21.5. The van der Waals surface area contributed by atoms with Gasteiger partial charge in [0.25, 0.3) is 5.91 Å². The lowest BCUT2D eigenvalue weighted by molar-refractivity contribution is 0.0940. The van der Waals surface area contributed by atoms with Crippen molar-refractivity contribution in [1.29, 1.82) is 0 Å².